The van der Waals surface area contributed by atoms with Crippen molar-refractivity contribution >= 4 is 43.9 Å². The highest BCUT2D eigenvalue weighted by atomic mass is 79.9. The fraction of sp³-hybridized carbons (Fsp3) is 0.375. The summed E-state index contributed by atoms with van der Waals surface area (Å²) >= 11 is 6.30. The second-order valence-electron chi connectivity index (χ2n) is 5.35. The van der Waals surface area contributed by atoms with Crippen LogP contribution in [0.5, 0.6) is 11.5 Å². The van der Waals surface area contributed by atoms with E-state index in [4.69, 9.17) is 4.74 Å². The molecule has 7 nitrogen and oxygen atoms in total. The Bertz CT molecular complexity index is 749. The lowest BCUT2D eigenvalue weighted by atomic mass is 9.93. The summed E-state index contributed by atoms with van der Waals surface area (Å²) in [7, 11) is 0. The summed E-state index contributed by atoms with van der Waals surface area (Å²) in [5.41, 5.74) is 0.931. The number of carbonyl (C=O) groups excluding carboxylic acids is 2. The minimum absolute atomic E-state index is 0.0601. The summed E-state index contributed by atoms with van der Waals surface area (Å²) in [6.07, 6.45) is 1.18. The molecule has 0 saturated heterocycles. The number of allylic oxidation sites excluding steroid dienone is 1. The Morgan fingerprint density at radius 3 is 2.56 bits per heavy atom. The average Bonchev–Trinajstić information content (AvgIpc) is 2.56. The molecule has 25 heavy (non-hydrogen) atoms. The first-order valence-electron chi connectivity index (χ1n) is 7.69. The van der Waals surface area contributed by atoms with Crippen molar-refractivity contribution < 1.29 is 24.5 Å². The van der Waals surface area contributed by atoms with E-state index < -0.39 is 18.0 Å². The first-order valence-corrected chi connectivity index (χ1v) is 9.27. The number of ether oxygens (including phenoxy) is 1. The van der Waals surface area contributed by atoms with E-state index in [9.17, 15) is 19.8 Å². The number of phenols is 2. The van der Waals surface area contributed by atoms with Gasteiger partial charge in [0.15, 0.2) is 0 Å². The third-order valence-electron chi connectivity index (χ3n) is 3.66. The molecule has 1 unspecified atom stereocenters. The largest absolute Gasteiger partial charge is 0.506 e. The van der Waals surface area contributed by atoms with Gasteiger partial charge in [0.1, 0.15) is 16.0 Å². The van der Waals surface area contributed by atoms with Crippen LogP contribution >= 0.6 is 31.9 Å². The maximum Gasteiger partial charge on any atom is 0.338 e. The molecule has 0 bridgehead atoms. The fourth-order valence-electron chi connectivity index (χ4n) is 2.59. The number of hydrogen-bond donors (Lipinski definition) is 4. The smallest absolute Gasteiger partial charge is 0.338 e. The van der Waals surface area contributed by atoms with Crippen molar-refractivity contribution in [3.05, 3.63) is 31.8 Å². The molecule has 4 N–H and O–H groups in total. The van der Waals surface area contributed by atoms with Crippen LogP contribution < -0.4 is 10.6 Å². The van der Waals surface area contributed by atoms with Crippen LogP contribution in [0, 0.1) is 0 Å². The van der Waals surface area contributed by atoms with Crippen molar-refractivity contribution in [1.29, 1.82) is 0 Å². The van der Waals surface area contributed by atoms with Gasteiger partial charge in [-0.05, 0) is 51.3 Å². The molecule has 0 aromatic heterocycles. The van der Waals surface area contributed by atoms with E-state index in [0.29, 0.717) is 23.0 Å². The van der Waals surface area contributed by atoms with Crippen LogP contribution in [0.15, 0.2) is 26.3 Å². The highest BCUT2D eigenvalue weighted by molar-refractivity contribution is 9.11. The van der Waals surface area contributed by atoms with Gasteiger partial charge in [-0.15, -0.1) is 0 Å². The summed E-state index contributed by atoms with van der Waals surface area (Å²) in [5.74, 6) is -1.04. The number of rotatable bonds is 5. The van der Waals surface area contributed by atoms with Gasteiger partial charge >= 0.3 is 12.0 Å². The molecule has 1 heterocycles. The van der Waals surface area contributed by atoms with Crippen LogP contribution in [0.25, 0.3) is 0 Å². The predicted molar refractivity (Wildman–Crippen MR) is 98.1 cm³/mol. The van der Waals surface area contributed by atoms with Gasteiger partial charge < -0.3 is 25.6 Å². The summed E-state index contributed by atoms with van der Waals surface area (Å²) in [5, 5.41) is 25.6. The normalized spacial score (nSPS) is 17.1. The first-order chi connectivity index (χ1) is 11.8. The zero-order chi connectivity index (χ0) is 18.7. The van der Waals surface area contributed by atoms with Crippen LogP contribution in [0.4, 0.5) is 4.79 Å². The molecule has 1 aliphatic heterocycles. The topological polar surface area (TPSA) is 108 Å². The van der Waals surface area contributed by atoms with E-state index in [1.807, 2.05) is 6.92 Å². The van der Waals surface area contributed by atoms with E-state index in [1.54, 1.807) is 6.92 Å². The third-order valence-corrected chi connectivity index (χ3v) is 5.01. The molecule has 1 atom stereocenters. The second-order valence-corrected chi connectivity index (χ2v) is 7.00. The van der Waals surface area contributed by atoms with Crippen LogP contribution in [0.2, 0.25) is 0 Å². The molecule has 1 aliphatic rings. The molecule has 136 valence electrons. The summed E-state index contributed by atoms with van der Waals surface area (Å²) in [6.45, 7) is 3.79. The van der Waals surface area contributed by atoms with Gasteiger partial charge in [0.25, 0.3) is 0 Å². The predicted octanol–water partition coefficient (Wildman–Crippen LogP) is 3.59. The number of benzene rings is 1. The zero-order valence-corrected chi connectivity index (χ0v) is 16.8. The Balaban J connectivity index is 2.66. The van der Waals surface area contributed by atoms with Crippen molar-refractivity contribution in [2.45, 2.75) is 32.7 Å². The Morgan fingerprint density at radius 2 is 1.96 bits per heavy atom. The number of carbonyl (C=O) groups is 2. The Morgan fingerprint density at radius 1 is 1.28 bits per heavy atom. The molecule has 2 rings (SSSR count). The van der Waals surface area contributed by atoms with Crippen LogP contribution in [0.1, 0.15) is 38.3 Å². The molecule has 0 fully saturated rings. The standard InChI is InChI=1S/C16H18Br2N2O5/c1-3-5-9-10(15(23)25-4-2)12(20-16(24)19-9)7-6-8(17)14(22)11(18)13(7)21/h6,12,21-22H,3-5H2,1-2H3,(H2,19,20,24). The summed E-state index contributed by atoms with van der Waals surface area (Å²) in [4.78, 5) is 24.5. The zero-order valence-electron chi connectivity index (χ0n) is 13.7. The number of esters is 1. The van der Waals surface area contributed by atoms with E-state index in [-0.39, 0.29) is 33.7 Å². The fourth-order valence-corrected chi connectivity index (χ4v) is 3.74. The molecule has 0 aliphatic carbocycles. The number of aromatic hydroxyl groups is 2. The molecule has 2 amide bonds. The number of nitrogens with one attached hydrogen (secondary N) is 2. The average molecular weight is 478 g/mol. The lowest BCUT2D eigenvalue weighted by Gasteiger charge is -2.30. The van der Waals surface area contributed by atoms with Gasteiger partial charge in [0.2, 0.25) is 0 Å². The van der Waals surface area contributed by atoms with E-state index >= 15 is 0 Å². The van der Waals surface area contributed by atoms with Gasteiger partial charge in [-0.1, -0.05) is 13.3 Å². The summed E-state index contributed by atoms with van der Waals surface area (Å²) in [6, 6.07) is 0.0536. The molecule has 0 saturated carbocycles. The van der Waals surface area contributed by atoms with E-state index in [0.717, 1.165) is 0 Å². The second kappa shape index (κ2) is 8.09. The van der Waals surface area contributed by atoms with Gasteiger partial charge in [-0.2, -0.15) is 0 Å². The van der Waals surface area contributed by atoms with Crippen molar-refractivity contribution in [3.8, 4) is 11.5 Å². The number of phenolic OH excluding ortho intramolecular Hbond substituents is 2. The van der Waals surface area contributed by atoms with Crippen molar-refractivity contribution in [1.82, 2.24) is 10.6 Å². The molecule has 0 radical (unpaired) electrons. The van der Waals surface area contributed by atoms with Gasteiger partial charge in [0.05, 0.1) is 22.7 Å². The molecule has 1 aromatic carbocycles. The SMILES string of the molecule is CCCC1=C(C(=O)OCC)C(c2cc(Br)c(O)c(Br)c2O)NC(=O)N1. The van der Waals surface area contributed by atoms with Crippen LogP contribution in [0.3, 0.4) is 0 Å². The van der Waals surface area contributed by atoms with Gasteiger partial charge in [-0.3, -0.25) is 0 Å². The molecular formula is C16H18Br2N2O5. The Kier molecular flexibility index (Phi) is 6.34. The first kappa shape index (κ1) is 19.6. The van der Waals surface area contributed by atoms with Crippen molar-refractivity contribution in [2.75, 3.05) is 6.61 Å². The van der Waals surface area contributed by atoms with E-state index in [2.05, 4.69) is 42.5 Å². The Hall–Kier alpha value is -1.74. The molecular weight excluding hydrogens is 460 g/mol. The highest BCUT2D eigenvalue weighted by Gasteiger charge is 2.35. The lowest BCUT2D eigenvalue weighted by Crippen LogP contribution is -2.46. The highest BCUT2D eigenvalue weighted by Crippen LogP contribution is 2.45. The molecule has 9 heteroatoms. The van der Waals surface area contributed by atoms with Gasteiger partial charge in [-0.25, -0.2) is 9.59 Å². The minimum Gasteiger partial charge on any atom is -0.506 e. The number of hydrogen-bond acceptors (Lipinski definition) is 5. The van der Waals surface area contributed by atoms with Crippen molar-refractivity contribution in [3.63, 3.8) is 0 Å². The molecule has 0 spiro atoms. The maximum absolute atomic E-state index is 12.5. The van der Waals surface area contributed by atoms with Crippen LogP contribution in [-0.2, 0) is 9.53 Å². The third kappa shape index (κ3) is 3.92. The number of halogens is 2. The van der Waals surface area contributed by atoms with E-state index in [1.165, 1.54) is 6.07 Å². The molecule has 1 aromatic rings. The van der Waals surface area contributed by atoms with Crippen molar-refractivity contribution in [2.24, 2.45) is 0 Å². The monoisotopic (exact) mass is 476 g/mol. The minimum atomic E-state index is -0.914. The number of amides is 2. The van der Waals surface area contributed by atoms with Gasteiger partial charge in [0, 0.05) is 11.3 Å². The maximum atomic E-state index is 12.5. The lowest BCUT2D eigenvalue weighted by molar-refractivity contribution is -0.139. The summed E-state index contributed by atoms with van der Waals surface area (Å²) < 4.78 is 5.49. The Labute approximate surface area is 161 Å². The van der Waals surface area contributed by atoms with Crippen LogP contribution in [-0.4, -0.2) is 28.8 Å². The quantitative estimate of drug-likeness (QED) is 0.484. The number of urea groups is 1.